The highest BCUT2D eigenvalue weighted by molar-refractivity contribution is 5.92. The Hall–Kier alpha value is -2.44. The van der Waals surface area contributed by atoms with E-state index in [9.17, 15) is 18.0 Å². The minimum atomic E-state index is -4.34. The van der Waals surface area contributed by atoms with Crippen LogP contribution in [0.4, 0.5) is 13.2 Å². The number of carbonyl (C=O) groups is 1. The number of hydrogen-bond donors (Lipinski definition) is 0. The lowest BCUT2D eigenvalue weighted by Crippen LogP contribution is -2.40. The molecule has 0 radical (unpaired) electrons. The van der Waals surface area contributed by atoms with E-state index < -0.39 is 11.7 Å². The fourth-order valence-electron chi connectivity index (χ4n) is 3.43. The van der Waals surface area contributed by atoms with Crippen LogP contribution in [0, 0.1) is 5.92 Å². The monoisotopic (exact) mass is 363 g/mol. The summed E-state index contributed by atoms with van der Waals surface area (Å²) in [6.07, 6.45) is 2.82. The number of amides is 1. The van der Waals surface area contributed by atoms with Gasteiger partial charge in [0.05, 0.1) is 11.8 Å². The molecule has 1 aliphatic rings. The molecule has 1 fully saturated rings. The molecule has 1 aromatic heterocycles. The summed E-state index contributed by atoms with van der Waals surface area (Å²) in [5.74, 6) is 0.0177. The second-order valence-electron chi connectivity index (χ2n) is 6.54. The Morgan fingerprint density at radius 2 is 2.04 bits per heavy atom. The molecule has 1 aromatic carbocycles. The van der Waals surface area contributed by atoms with Gasteiger partial charge in [-0.3, -0.25) is 9.78 Å². The summed E-state index contributed by atoms with van der Waals surface area (Å²) in [5.41, 5.74) is 0.0521. The summed E-state index contributed by atoms with van der Waals surface area (Å²) in [6, 6.07) is 5.71. The van der Waals surface area contributed by atoms with Crippen LogP contribution < -0.4 is 0 Å². The van der Waals surface area contributed by atoms with Crippen molar-refractivity contribution >= 4 is 5.91 Å². The van der Waals surface area contributed by atoms with Crippen LogP contribution in [0.1, 0.15) is 40.9 Å². The molecule has 26 heavy (non-hydrogen) atoms. The van der Waals surface area contributed by atoms with Crippen molar-refractivity contribution in [1.29, 1.82) is 0 Å². The molecule has 0 saturated carbocycles. The zero-order chi connectivity index (χ0) is 18.6. The number of piperidine rings is 1. The zero-order valence-corrected chi connectivity index (χ0v) is 14.2. The van der Waals surface area contributed by atoms with Crippen molar-refractivity contribution in [2.45, 2.75) is 31.9 Å². The molecule has 0 N–H and O–H groups in total. The molecule has 1 atom stereocenters. The Labute approximate surface area is 150 Å². The summed E-state index contributed by atoms with van der Waals surface area (Å²) < 4.78 is 39.3. The highest BCUT2D eigenvalue weighted by Crippen LogP contribution is 2.33. The minimum Gasteiger partial charge on any atom is -0.337 e. The summed E-state index contributed by atoms with van der Waals surface area (Å²) in [7, 11) is 0. The van der Waals surface area contributed by atoms with Gasteiger partial charge >= 0.3 is 6.18 Å². The van der Waals surface area contributed by atoms with Crippen molar-refractivity contribution in [1.82, 2.24) is 14.9 Å². The first kappa shape index (κ1) is 18.4. The van der Waals surface area contributed by atoms with Gasteiger partial charge in [0, 0.05) is 25.5 Å². The fourth-order valence-corrected chi connectivity index (χ4v) is 3.43. The average Bonchev–Trinajstić information content (AvgIpc) is 2.66. The maximum atomic E-state index is 13.1. The van der Waals surface area contributed by atoms with E-state index in [4.69, 9.17) is 0 Å². The van der Waals surface area contributed by atoms with E-state index in [0.29, 0.717) is 37.2 Å². The van der Waals surface area contributed by atoms with Gasteiger partial charge in [-0.25, -0.2) is 4.98 Å². The number of carbonyl (C=O) groups excluding carboxylic acids is 1. The average molecular weight is 363 g/mol. The molecule has 3 rings (SSSR count). The van der Waals surface area contributed by atoms with Crippen molar-refractivity contribution in [3.63, 3.8) is 0 Å². The Kier molecular flexibility index (Phi) is 5.54. The van der Waals surface area contributed by atoms with Crippen LogP contribution in [0.3, 0.4) is 0 Å². The Morgan fingerprint density at radius 1 is 1.23 bits per heavy atom. The van der Waals surface area contributed by atoms with Crippen LogP contribution in [-0.2, 0) is 12.6 Å². The van der Waals surface area contributed by atoms with Gasteiger partial charge in [0.1, 0.15) is 5.69 Å². The number of alkyl halides is 3. The molecule has 0 aliphatic carbocycles. The number of halogens is 3. The first-order chi connectivity index (χ1) is 12.4. The van der Waals surface area contributed by atoms with Gasteiger partial charge in [-0.2, -0.15) is 13.2 Å². The van der Waals surface area contributed by atoms with Crippen molar-refractivity contribution in [2.75, 3.05) is 13.1 Å². The van der Waals surface area contributed by atoms with E-state index in [-0.39, 0.29) is 11.8 Å². The lowest BCUT2D eigenvalue weighted by Gasteiger charge is -2.32. The van der Waals surface area contributed by atoms with Crippen LogP contribution >= 0.6 is 0 Å². The molecule has 1 aliphatic heterocycles. The lowest BCUT2D eigenvalue weighted by molar-refractivity contribution is -0.138. The number of rotatable bonds is 4. The third-order valence-electron chi connectivity index (χ3n) is 4.73. The molecule has 1 amide bonds. The van der Waals surface area contributed by atoms with E-state index in [0.717, 1.165) is 18.9 Å². The normalized spacial score (nSPS) is 18.0. The molecule has 0 bridgehead atoms. The van der Waals surface area contributed by atoms with Crippen LogP contribution in [0.15, 0.2) is 42.9 Å². The van der Waals surface area contributed by atoms with E-state index in [1.807, 2.05) is 0 Å². The lowest BCUT2D eigenvalue weighted by atomic mass is 9.90. The van der Waals surface area contributed by atoms with Gasteiger partial charge in [-0.15, -0.1) is 0 Å². The van der Waals surface area contributed by atoms with Gasteiger partial charge < -0.3 is 4.90 Å². The van der Waals surface area contributed by atoms with Crippen molar-refractivity contribution < 1.29 is 18.0 Å². The number of likely N-dealkylation sites (tertiary alicyclic amines) is 1. The standard InChI is InChI=1S/C19H20F3N3O/c20-19(21,22)16-6-2-1-5-15(16)8-7-14-4-3-11-25(13-14)18(26)17-12-23-9-10-24-17/h1-2,5-6,9-10,12,14H,3-4,7-8,11,13H2. The van der Waals surface area contributed by atoms with E-state index >= 15 is 0 Å². The van der Waals surface area contributed by atoms with Gasteiger partial charge in [-0.05, 0) is 43.2 Å². The van der Waals surface area contributed by atoms with Crippen LogP contribution in [0.5, 0.6) is 0 Å². The number of aromatic nitrogens is 2. The molecule has 138 valence electrons. The quantitative estimate of drug-likeness (QED) is 0.825. The third kappa shape index (κ3) is 4.39. The Morgan fingerprint density at radius 3 is 2.77 bits per heavy atom. The second-order valence-corrected chi connectivity index (χ2v) is 6.54. The van der Waals surface area contributed by atoms with Gasteiger partial charge in [-0.1, -0.05) is 18.2 Å². The summed E-state index contributed by atoms with van der Waals surface area (Å²) in [5, 5.41) is 0. The largest absolute Gasteiger partial charge is 0.416 e. The van der Waals surface area contributed by atoms with Gasteiger partial charge in [0.25, 0.3) is 5.91 Å². The summed E-state index contributed by atoms with van der Waals surface area (Å²) in [4.78, 5) is 22.2. The van der Waals surface area contributed by atoms with E-state index in [2.05, 4.69) is 9.97 Å². The fraction of sp³-hybridized carbons (Fsp3) is 0.421. The van der Waals surface area contributed by atoms with Crippen LogP contribution in [0.2, 0.25) is 0 Å². The van der Waals surface area contributed by atoms with Crippen LogP contribution in [0.25, 0.3) is 0 Å². The maximum Gasteiger partial charge on any atom is 0.416 e. The maximum absolute atomic E-state index is 13.1. The molecule has 7 heteroatoms. The molecular formula is C19H20F3N3O. The van der Waals surface area contributed by atoms with E-state index in [1.165, 1.54) is 30.7 Å². The smallest absolute Gasteiger partial charge is 0.337 e. The summed E-state index contributed by atoms with van der Waals surface area (Å²) in [6.45, 7) is 1.19. The second kappa shape index (κ2) is 7.85. The van der Waals surface area contributed by atoms with Gasteiger partial charge in [0.2, 0.25) is 0 Å². The first-order valence-corrected chi connectivity index (χ1v) is 8.65. The molecule has 2 aromatic rings. The SMILES string of the molecule is O=C(c1cnccn1)N1CCCC(CCc2ccccc2C(F)(F)F)C1. The molecule has 1 unspecified atom stereocenters. The van der Waals surface area contributed by atoms with Crippen molar-refractivity contribution in [3.05, 3.63) is 59.7 Å². The predicted molar refractivity (Wildman–Crippen MR) is 90.4 cm³/mol. The predicted octanol–water partition coefficient (Wildman–Crippen LogP) is 3.98. The van der Waals surface area contributed by atoms with E-state index in [1.54, 1.807) is 11.0 Å². The molecule has 1 saturated heterocycles. The summed E-state index contributed by atoms with van der Waals surface area (Å²) >= 11 is 0. The number of hydrogen-bond acceptors (Lipinski definition) is 3. The van der Waals surface area contributed by atoms with Gasteiger partial charge in [0.15, 0.2) is 0 Å². The van der Waals surface area contributed by atoms with Crippen LogP contribution in [-0.4, -0.2) is 33.9 Å². The molecule has 0 spiro atoms. The highest BCUT2D eigenvalue weighted by atomic mass is 19.4. The number of benzene rings is 1. The number of aryl methyl sites for hydroxylation is 1. The minimum absolute atomic E-state index is 0.168. The molecular weight excluding hydrogens is 343 g/mol. The Balaban J connectivity index is 1.62. The molecule has 4 nitrogen and oxygen atoms in total. The third-order valence-corrected chi connectivity index (χ3v) is 4.73. The topological polar surface area (TPSA) is 46.1 Å². The number of nitrogens with zero attached hydrogens (tertiary/aromatic N) is 3. The zero-order valence-electron chi connectivity index (χ0n) is 14.2. The molecule has 2 heterocycles. The van der Waals surface area contributed by atoms with Crippen molar-refractivity contribution in [2.24, 2.45) is 5.92 Å². The highest BCUT2D eigenvalue weighted by Gasteiger charge is 2.33. The van der Waals surface area contributed by atoms with Crippen molar-refractivity contribution in [3.8, 4) is 0 Å². The Bertz CT molecular complexity index is 749. The first-order valence-electron chi connectivity index (χ1n) is 8.65.